The normalized spacial score (nSPS) is 12.5. The summed E-state index contributed by atoms with van der Waals surface area (Å²) in [6.07, 6.45) is 0.717. The molecule has 1 amide bonds. The molecule has 2 N–H and O–H groups in total. The Labute approximate surface area is 131 Å². The third-order valence-electron chi connectivity index (χ3n) is 3.71. The van der Waals surface area contributed by atoms with Crippen molar-refractivity contribution in [2.24, 2.45) is 0 Å². The minimum atomic E-state index is -0.129. The van der Waals surface area contributed by atoms with Crippen LogP contribution >= 0.6 is 0 Å². The van der Waals surface area contributed by atoms with Gasteiger partial charge < -0.3 is 14.8 Å². The van der Waals surface area contributed by atoms with Crippen LogP contribution in [-0.2, 0) is 6.42 Å². The smallest absolute Gasteiger partial charge is 0.251 e. The number of hydrogen-bond acceptors (Lipinski definition) is 5. The van der Waals surface area contributed by atoms with Gasteiger partial charge in [-0.1, -0.05) is 6.07 Å². The molecule has 7 nitrogen and oxygen atoms in total. The first-order valence-electron chi connectivity index (χ1n) is 7.27. The Bertz CT molecular complexity index is 875. The van der Waals surface area contributed by atoms with Crippen molar-refractivity contribution >= 4 is 16.9 Å². The Morgan fingerprint density at radius 3 is 2.91 bits per heavy atom. The van der Waals surface area contributed by atoms with Gasteiger partial charge in [-0.3, -0.25) is 4.79 Å². The van der Waals surface area contributed by atoms with E-state index < -0.39 is 0 Å². The van der Waals surface area contributed by atoms with Crippen LogP contribution in [-0.4, -0.2) is 34.7 Å². The van der Waals surface area contributed by atoms with Crippen molar-refractivity contribution in [3.63, 3.8) is 0 Å². The standard InChI is InChI=1S/C16H14N4O3/c21-16(11-2-3-12-13(8-11)19-20-18-12)17-6-5-10-1-4-14-15(7-10)23-9-22-14/h1-4,7-8H,5-6,9H2,(H,17,21)(H,18,19,20). The lowest BCUT2D eigenvalue weighted by Gasteiger charge is -2.06. The first kappa shape index (κ1) is 13.6. The molecule has 0 radical (unpaired) electrons. The Balaban J connectivity index is 1.37. The molecular weight excluding hydrogens is 296 g/mol. The molecule has 3 aromatic rings. The fraction of sp³-hybridized carbons (Fsp3) is 0.188. The van der Waals surface area contributed by atoms with Crippen molar-refractivity contribution in [3.05, 3.63) is 47.5 Å². The molecule has 0 aliphatic carbocycles. The Morgan fingerprint density at radius 1 is 1.09 bits per heavy atom. The van der Waals surface area contributed by atoms with Crippen molar-refractivity contribution in [1.29, 1.82) is 0 Å². The predicted octanol–water partition coefficient (Wildman–Crippen LogP) is 1.66. The molecule has 0 bridgehead atoms. The van der Waals surface area contributed by atoms with Crippen molar-refractivity contribution < 1.29 is 14.3 Å². The van der Waals surface area contributed by atoms with Crippen LogP contribution in [0.5, 0.6) is 11.5 Å². The summed E-state index contributed by atoms with van der Waals surface area (Å²) in [4.78, 5) is 12.2. The molecule has 0 spiro atoms. The van der Waals surface area contributed by atoms with E-state index in [1.807, 2.05) is 18.2 Å². The number of H-pyrrole nitrogens is 1. The van der Waals surface area contributed by atoms with E-state index in [4.69, 9.17) is 9.47 Å². The molecule has 0 fully saturated rings. The predicted molar refractivity (Wildman–Crippen MR) is 82.5 cm³/mol. The van der Waals surface area contributed by atoms with E-state index >= 15 is 0 Å². The van der Waals surface area contributed by atoms with E-state index in [9.17, 15) is 4.79 Å². The van der Waals surface area contributed by atoms with Gasteiger partial charge in [0.25, 0.3) is 5.91 Å². The summed E-state index contributed by atoms with van der Waals surface area (Å²) in [5.74, 6) is 1.39. The maximum absolute atomic E-state index is 12.2. The van der Waals surface area contributed by atoms with Gasteiger partial charge in [-0.05, 0) is 42.3 Å². The number of fused-ring (bicyclic) bond motifs is 2. The number of aromatic amines is 1. The van der Waals surface area contributed by atoms with E-state index in [1.165, 1.54) is 0 Å². The number of carbonyl (C=O) groups excluding carboxylic acids is 1. The Kier molecular flexibility index (Phi) is 3.30. The van der Waals surface area contributed by atoms with Crippen molar-refractivity contribution in [2.45, 2.75) is 6.42 Å². The highest BCUT2D eigenvalue weighted by Crippen LogP contribution is 2.32. The van der Waals surface area contributed by atoms with Gasteiger partial charge in [0.1, 0.15) is 11.0 Å². The first-order chi connectivity index (χ1) is 11.3. The average molecular weight is 310 g/mol. The van der Waals surface area contributed by atoms with Gasteiger partial charge in [-0.15, -0.1) is 0 Å². The number of ether oxygens (including phenoxy) is 2. The fourth-order valence-corrected chi connectivity index (χ4v) is 2.50. The molecule has 7 heteroatoms. The number of aromatic nitrogens is 3. The molecule has 2 aromatic carbocycles. The molecule has 0 atom stereocenters. The molecule has 1 aliphatic rings. The zero-order chi connectivity index (χ0) is 15.6. The van der Waals surface area contributed by atoms with Gasteiger partial charge >= 0.3 is 0 Å². The summed E-state index contributed by atoms with van der Waals surface area (Å²) in [5.41, 5.74) is 3.06. The van der Waals surface area contributed by atoms with Crippen LogP contribution in [0.15, 0.2) is 36.4 Å². The van der Waals surface area contributed by atoms with Crippen LogP contribution in [0.4, 0.5) is 0 Å². The molecule has 1 aromatic heterocycles. The second-order valence-corrected chi connectivity index (χ2v) is 5.22. The van der Waals surface area contributed by atoms with E-state index in [-0.39, 0.29) is 12.7 Å². The number of nitrogens with one attached hydrogen (secondary N) is 2. The topological polar surface area (TPSA) is 89.1 Å². The van der Waals surface area contributed by atoms with E-state index in [1.54, 1.807) is 18.2 Å². The number of benzene rings is 2. The monoisotopic (exact) mass is 310 g/mol. The van der Waals surface area contributed by atoms with E-state index in [0.717, 1.165) is 22.6 Å². The first-order valence-corrected chi connectivity index (χ1v) is 7.27. The second-order valence-electron chi connectivity index (χ2n) is 5.22. The zero-order valence-corrected chi connectivity index (χ0v) is 12.2. The highest BCUT2D eigenvalue weighted by molar-refractivity contribution is 5.97. The Hall–Kier alpha value is -3.09. The van der Waals surface area contributed by atoms with Gasteiger partial charge in [0.05, 0.1) is 0 Å². The summed E-state index contributed by atoms with van der Waals surface area (Å²) < 4.78 is 10.6. The summed E-state index contributed by atoms with van der Waals surface area (Å²) in [6, 6.07) is 11.0. The van der Waals surface area contributed by atoms with Crippen LogP contribution in [0.25, 0.3) is 11.0 Å². The largest absolute Gasteiger partial charge is 0.454 e. The maximum Gasteiger partial charge on any atom is 0.251 e. The van der Waals surface area contributed by atoms with Crippen molar-refractivity contribution in [3.8, 4) is 11.5 Å². The number of carbonyl (C=O) groups is 1. The molecule has 4 rings (SSSR count). The van der Waals surface area contributed by atoms with Crippen molar-refractivity contribution in [1.82, 2.24) is 20.7 Å². The summed E-state index contributed by atoms with van der Waals surface area (Å²) >= 11 is 0. The number of nitrogens with zero attached hydrogens (tertiary/aromatic N) is 2. The lowest BCUT2D eigenvalue weighted by molar-refractivity contribution is 0.0954. The van der Waals surface area contributed by atoms with Gasteiger partial charge in [0, 0.05) is 12.1 Å². The van der Waals surface area contributed by atoms with Crippen molar-refractivity contribution in [2.75, 3.05) is 13.3 Å². The van der Waals surface area contributed by atoms with Gasteiger partial charge in [0.15, 0.2) is 11.5 Å². The number of amides is 1. The molecule has 0 saturated carbocycles. The molecule has 0 unspecified atom stereocenters. The zero-order valence-electron chi connectivity index (χ0n) is 12.2. The number of rotatable bonds is 4. The third kappa shape index (κ3) is 2.68. The lowest BCUT2D eigenvalue weighted by atomic mass is 10.1. The minimum Gasteiger partial charge on any atom is -0.454 e. The van der Waals surface area contributed by atoms with Crippen LogP contribution in [0.2, 0.25) is 0 Å². The van der Waals surface area contributed by atoms with Crippen LogP contribution in [0.1, 0.15) is 15.9 Å². The van der Waals surface area contributed by atoms with E-state index in [0.29, 0.717) is 24.0 Å². The average Bonchev–Trinajstić information content (AvgIpc) is 3.22. The van der Waals surface area contributed by atoms with Gasteiger partial charge in [0.2, 0.25) is 6.79 Å². The van der Waals surface area contributed by atoms with Crippen LogP contribution in [0, 0.1) is 0 Å². The summed E-state index contributed by atoms with van der Waals surface area (Å²) in [6.45, 7) is 0.801. The van der Waals surface area contributed by atoms with Crippen LogP contribution in [0.3, 0.4) is 0 Å². The molecule has 1 aliphatic heterocycles. The third-order valence-corrected chi connectivity index (χ3v) is 3.71. The number of hydrogen-bond donors (Lipinski definition) is 2. The molecular formula is C16H14N4O3. The highest BCUT2D eigenvalue weighted by atomic mass is 16.7. The van der Waals surface area contributed by atoms with E-state index in [2.05, 4.69) is 20.7 Å². The molecule has 116 valence electrons. The quantitative estimate of drug-likeness (QED) is 0.765. The molecule has 2 heterocycles. The summed E-state index contributed by atoms with van der Waals surface area (Å²) in [7, 11) is 0. The maximum atomic E-state index is 12.2. The van der Waals surface area contributed by atoms with Gasteiger partial charge in [-0.25, -0.2) is 0 Å². The Morgan fingerprint density at radius 2 is 1.96 bits per heavy atom. The lowest BCUT2D eigenvalue weighted by Crippen LogP contribution is -2.25. The second kappa shape index (κ2) is 5.60. The fourth-order valence-electron chi connectivity index (χ4n) is 2.50. The summed E-state index contributed by atoms with van der Waals surface area (Å²) in [5, 5.41) is 13.4. The molecule has 23 heavy (non-hydrogen) atoms. The molecule has 0 saturated heterocycles. The SMILES string of the molecule is O=C(NCCc1ccc2c(c1)OCO2)c1ccc2n[nH]nc2c1. The highest BCUT2D eigenvalue weighted by Gasteiger charge is 2.13. The van der Waals surface area contributed by atoms with Gasteiger partial charge in [-0.2, -0.15) is 15.4 Å². The minimum absolute atomic E-state index is 0.129. The van der Waals surface area contributed by atoms with Crippen LogP contribution < -0.4 is 14.8 Å².